The highest BCUT2D eigenvalue weighted by Crippen LogP contribution is 2.13. The van der Waals surface area contributed by atoms with Crippen LogP contribution in [0.5, 0.6) is 0 Å². The maximum absolute atomic E-state index is 5.89. The van der Waals surface area contributed by atoms with Gasteiger partial charge in [0.25, 0.3) is 0 Å². The summed E-state index contributed by atoms with van der Waals surface area (Å²) in [5.41, 5.74) is 0. The Kier molecular flexibility index (Phi) is 37.0. The van der Waals surface area contributed by atoms with Crippen LogP contribution in [0, 0.1) is 0 Å². The van der Waals surface area contributed by atoms with Crippen LogP contribution in [0.15, 0.2) is 0 Å². The van der Waals surface area contributed by atoms with Crippen molar-refractivity contribution in [2.24, 2.45) is 0 Å². The second kappa shape index (κ2) is 32.7. The molecule has 246 valence electrons. The van der Waals surface area contributed by atoms with E-state index in [1.165, 1.54) is 142 Å². The van der Waals surface area contributed by atoms with Crippen molar-refractivity contribution in [1.29, 1.82) is 0 Å². The van der Waals surface area contributed by atoms with E-state index in [-0.39, 0.29) is 34.0 Å². The van der Waals surface area contributed by atoms with Crippen LogP contribution in [0.1, 0.15) is 142 Å². The van der Waals surface area contributed by atoms with Crippen LogP contribution in [0.3, 0.4) is 0 Å². The Balaban J connectivity index is -0.00000684. The summed E-state index contributed by atoms with van der Waals surface area (Å²) in [5.74, 6) is 0. The Bertz CT molecular complexity index is 437. The second-order valence-electron chi connectivity index (χ2n) is 13.4. The summed E-state index contributed by atoms with van der Waals surface area (Å²) in [6.07, 6.45) is 28.2. The van der Waals surface area contributed by atoms with E-state index in [1.54, 1.807) is 0 Å². The zero-order chi connectivity index (χ0) is 28.2. The van der Waals surface area contributed by atoms with Gasteiger partial charge in [0.1, 0.15) is 13.1 Å². The predicted octanol–water partition coefficient (Wildman–Crippen LogP) is 3.02. The first-order chi connectivity index (χ1) is 18.3. The lowest BCUT2D eigenvalue weighted by molar-refractivity contribution is -0.891. The fourth-order valence-corrected chi connectivity index (χ4v) is 5.22. The van der Waals surface area contributed by atoms with Gasteiger partial charge >= 0.3 is 0 Å². The maximum Gasteiger partial charge on any atom is 0.102 e. The molecule has 0 aromatic heterocycles. The Morgan fingerprint density at radius 2 is 0.575 bits per heavy atom. The molecule has 0 atom stereocenters. The van der Waals surface area contributed by atoms with Crippen LogP contribution in [0.4, 0.5) is 0 Å². The lowest BCUT2D eigenvalue weighted by Gasteiger charge is -2.30. The first-order valence-corrected chi connectivity index (χ1v) is 17.1. The molecule has 0 N–H and O–H groups in total. The van der Waals surface area contributed by atoms with E-state index in [4.69, 9.17) is 9.47 Å². The molecule has 0 aliphatic carbocycles. The lowest BCUT2D eigenvalue weighted by atomic mass is 10.1. The summed E-state index contributed by atoms with van der Waals surface area (Å²) in [6, 6.07) is 0. The van der Waals surface area contributed by atoms with Gasteiger partial charge < -0.3 is 52.4 Å². The number of quaternary nitrogens is 2. The van der Waals surface area contributed by atoms with Crippen molar-refractivity contribution in [3.05, 3.63) is 0 Å². The molecule has 0 spiro atoms. The van der Waals surface area contributed by atoms with Crippen LogP contribution in [-0.2, 0) is 9.47 Å². The van der Waals surface area contributed by atoms with Crippen molar-refractivity contribution >= 4 is 0 Å². The van der Waals surface area contributed by atoms with Crippen molar-refractivity contribution in [3.63, 3.8) is 0 Å². The predicted molar refractivity (Wildman–Crippen MR) is 169 cm³/mol. The van der Waals surface area contributed by atoms with E-state index in [1.807, 2.05) is 0 Å². The molecule has 0 aliphatic rings. The van der Waals surface area contributed by atoms with Crippen LogP contribution < -0.4 is 34.0 Å². The van der Waals surface area contributed by atoms with Crippen molar-refractivity contribution in [2.45, 2.75) is 142 Å². The van der Waals surface area contributed by atoms with E-state index in [0.717, 1.165) is 48.5 Å². The van der Waals surface area contributed by atoms with Gasteiger partial charge in [-0.25, -0.2) is 0 Å². The maximum atomic E-state index is 5.89. The van der Waals surface area contributed by atoms with Gasteiger partial charge in [-0.15, -0.1) is 0 Å². The molecule has 6 heteroatoms. The normalized spacial score (nSPS) is 11.8. The summed E-state index contributed by atoms with van der Waals surface area (Å²) < 4.78 is 13.9. The molecule has 0 saturated carbocycles. The Morgan fingerprint density at radius 3 is 0.850 bits per heavy atom. The van der Waals surface area contributed by atoms with Crippen LogP contribution in [0.25, 0.3) is 0 Å². The van der Waals surface area contributed by atoms with Gasteiger partial charge in [0.2, 0.25) is 0 Å². The summed E-state index contributed by atoms with van der Waals surface area (Å²) in [6.45, 7) is 12.5. The molecule has 0 saturated heterocycles. The number of rotatable bonds is 31. The molecule has 0 aromatic rings. The Hall–Kier alpha value is 0.800. The zero-order valence-corrected chi connectivity index (χ0v) is 31.4. The van der Waals surface area contributed by atoms with Gasteiger partial charge in [-0.1, -0.05) is 117 Å². The topological polar surface area (TPSA) is 18.5 Å². The van der Waals surface area contributed by atoms with Crippen molar-refractivity contribution in [2.75, 3.05) is 80.8 Å². The van der Waals surface area contributed by atoms with E-state index < -0.39 is 0 Å². The van der Waals surface area contributed by atoms with Crippen molar-refractivity contribution in [1.82, 2.24) is 0 Å². The second-order valence-corrected chi connectivity index (χ2v) is 13.4. The number of hydrogen-bond acceptors (Lipinski definition) is 2. The highest BCUT2D eigenvalue weighted by atomic mass is 79.9. The first kappa shape index (κ1) is 45.2. The molecular weight excluding hydrogens is 628 g/mol. The fraction of sp³-hybridized carbons (Fsp3) is 1.00. The summed E-state index contributed by atoms with van der Waals surface area (Å²) in [7, 11) is 9.40. The van der Waals surface area contributed by atoms with E-state index in [9.17, 15) is 0 Å². The molecule has 0 aromatic carbocycles. The molecule has 0 fully saturated rings. The third kappa shape index (κ3) is 35.0. The number of halogens is 2. The Morgan fingerprint density at radius 1 is 0.325 bits per heavy atom. The van der Waals surface area contributed by atoms with Gasteiger partial charge in [0.05, 0.1) is 67.7 Å². The van der Waals surface area contributed by atoms with Gasteiger partial charge in [-0.2, -0.15) is 0 Å². The third-order valence-electron chi connectivity index (χ3n) is 8.29. The summed E-state index contributed by atoms with van der Waals surface area (Å²) >= 11 is 0. The average Bonchev–Trinajstić information content (AvgIpc) is 2.87. The number of unbranched alkanes of at least 4 members (excludes halogenated alkanes) is 18. The molecule has 4 nitrogen and oxygen atoms in total. The van der Waals surface area contributed by atoms with E-state index >= 15 is 0 Å². The molecule has 40 heavy (non-hydrogen) atoms. The van der Waals surface area contributed by atoms with E-state index in [2.05, 4.69) is 42.0 Å². The van der Waals surface area contributed by atoms with Gasteiger partial charge in [-0.05, 0) is 25.7 Å². The Labute approximate surface area is 274 Å². The SMILES string of the molecule is CCCCCCCCCCCC[N+](C)(C)CCOCCOCC[N+](C)(C)CCCCCCCCCCCC.[Br-].[Br-]. The van der Waals surface area contributed by atoms with Crippen LogP contribution >= 0.6 is 0 Å². The quantitative estimate of drug-likeness (QED) is 0.0818. The molecular formula is C34H74Br2N2O2. The van der Waals surface area contributed by atoms with Crippen molar-refractivity contribution < 1.29 is 52.4 Å². The monoisotopic (exact) mass is 700 g/mol. The minimum Gasteiger partial charge on any atom is -1.00 e. The van der Waals surface area contributed by atoms with Crippen molar-refractivity contribution in [3.8, 4) is 0 Å². The standard InChI is InChI=1S/C34H74N2O2.2BrH/c1-7-9-11-13-15-17-19-21-23-25-27-35(3,4)29-31-37-33-34-38-32-30-36(5,6)28-26-24-22-20-18-16-14-12-10-8-2;;/h7-34H2,1-6H3;2*1H/q+2;;/p-2. The van der Waals surface area contributed by atoms with Crippen LogP contribution in [-0.4, -0.2) is 89.8 Å². The molecule has 0 aliphatic heterocycles. The molecule has 0 bridgehead atoms. The zero-order valence-electron chi connectivity index (χ0n) is 28.3. The number of hydrogen-bond donors (Lipinski definition) is 0. The third-order valence-corrected chi connectivity index (χ3v) is 8.29. The average molecular weight is 703 g/mol. The van der Waals surface area contributed by atoms with Crippen LogP contribution in [0.2, 0.25) is 0 Å². The number of nitrogens with zero attached hydrogens (tertiary/aromatic N) is 2. The molecule has 0 radical (unpaired) electrons. The molecule has 0 rings (SSSR count). The highest BCUT2D eigenvalue weighted by molar-refractivity contribution is 4.49. The van der Waals surface area contributed by atoms with E-state index in [0.29, 0.717) is 0 Å². The summed E-state index contributed by atoms with van der Waals surface area (Å²) in [5, 5.41) is 0. The first-order valence-electron chi connectivity index (χ1n) is 17.1. The lowest BCUT2D eigenvalue weighted by Crippen LogP contribution is -3.00. The van der Waals surface area contributed by atoms with Gasteiger partial charge in [-0.3, -0.25) is 0 Å². The highest BCUT2D eigenvalue weighted by Gasteiger charge is 2.15. The molecule has 0 unspecified atom stereocenters. The largest absolute Gasteiger partial charge is 1.00 e. The smallest absolute Gasteiger partial charge is 0.102 e. The number of likely N-dealkylation sites (N-methyl/N-ethyl adjacent to an activating group) is 2. The van der Waals surface area contributed by atoms with Gasteiger partial charge in [0.15, 0.2) is 0 Å². The summed E-state index contributed by atoms with van der Waals surface area (Å²) in [4.78, 5) is 0. The minimum atomic E-state index is 0. The fourth-order valence-electron chi connectivity index (χ4n) is 5.22. The minimum absolute atomic E-state index is 0. The molecule has 0 amide bonds. The van der Waals surface area contributed by atoms with Gasteiger partial charge in [0, 0.05) is 0 Å². The molecule has 0 heterocycles. The number of ether oxygens (including phenoxy) is 2.